The molecule has 8 heteroatoms. The van der Waals surface area contributed by atoms with E-state index in [1.807, 2.05) is 42.5 Å². The number of hydrogen-bond acceptors (Lipinski definition) is 6. The minimum Gasteiger partial charge on any atom is -0.339 e. The van der Waals surface area contributed by atoms with E-state index < -0.39 is 0 Å². The molecule has 0 bridgehead atoms. The minimum absolute atomic E-state index is 0.0201. The lowest BCUT2D eigenvalue weighted by molar-refractivity contribution is -0.125. The van der Waals surface area contributed by atoms with E-state index in [2.05, 4.69) is 25.9 Å². The second kappa shape index (κ2) is 7.99. The molecule has 142 valence electrons. The Balaban J connectivity index is 1.34. The van der Waals surface area contributed by atoms with Crippen LogP contribution in [0.1, 0.15) is 25.7 Å². The Hall–Kier alpha value is -3.55. The van der Waals surface area contributed by atoms with Crippen LogP contribution in [0.5, 0.6) is 0 Å². The van der Waals surface area contributed by atoms with E-state index in [4.69, 9.17) is 0 Å². The summed E-state index contributed by atoms with van der Waals surface area (Å²) >= 11 is 0. The average Bonchev–Trinajstić information content (AvgIpc) is 3.25. The largest absolute Gasteiger partial charge is 0.339 e. The second-order valence-corrected chi connectivity index (χ2v) is 6.73. The first kappa shape index (κ1) is 17.8. The molecule has 3 aromatic rings. The number of Topliss-reactive ketones (excluding diaryl/α,β-unsaturated/α-hetero) is 1. The number of amides is 1. The number of anilines is 3. The highest BCUT2D eigenvalue weighted by molar-refractivity contribution is 5.94. The van der Waals surface area contributed by atoms with Gasteiger partial charge in [0.15, 0.2) is 11.6 Å². The van der Waals surface area contributed by atoms with Gasteiger partial charge in [-0.25, -0.2) is 4.68 Å². The molecule has 0 saturated heterocycles. The molecule has 0 aliphatic heterocycles. The van der Waals surface area contributed by atoms with Crippen LogP contribution in [0.2, 0.25) is 0 Å². The van der Waals surface area contributed by atoms with Gasteiger partial charge >= 0.3 is 0 Å². The third-order valence-corrected chi connectivity index (χ3v) is 4.73. The molecule has 28 heavy (non-hydrogen) atoms. The summed E-state index contributed by atoms with van der Waals surface area (Å²) in [7, 11) is 0. The van der Waals surface area contributed by atoms with Crippen molar-refractivity contribution in [1.82, 2.24) is 20.0 Å². The molecular formula is C20H20N6O2. The van der Waals surface area contributed by atoms with Crippen LogP contribution in [0.25, 0.3) is 5.82 Å². The van der Waals surface area contributed by atoms with E-state index in [-0.39, 0.29) is 17.6 Å². The summed E-state index contributed by atoms with van der Waals surface area (Å²) in [5.74, 6) is 1.39. The lowest BCUT2D eigenvalue weighted by atomic mass is 9.88. The molecule has 0 spiro atoms. The van der Waals surface area contributed by atoms with E-state index in [0.717, 1.165) is 11.4 Å². The quantitative estimate of drug-likeness (QED) is 0.709. The second-order valence-electron chi connectivity index (χ2n) is 6.73. The molecule has 1 amide bonds. The van der Waals surface area contributed by atoms with Crippen molar-refractivity contribution in [2.24, 2.45) is 5.92 Å². The highest BCUT2D eigenvalue weighted by Gasteiger charge is 2.24. The van der Waals surface area contributed by atoms with Crippen LogP contribution in [-0.4, -0.2) is 31.7 Å². The van der Waals surface area contributed by atoms with E-state index in [1.165, 1.54) is 0 Å². The molecule has 1 aromatic carbocycles. The Morgan fingerprint density at radius 3 is 2.39 bits per heavy atom. The van der Waals surface area contributed by atoms with Gasteiger partial charge in [0.2, 0.25) is 5.91 Å². The van der Waals surface area contributed by atoms with Crippen molar-refractivity contribution < 1.29 is 9.59 Å². The predicted octanol–water partition coefficient (Wildman–Crippen LogP) is 3.10. The maximum absolute atomic E-state index is 12.3. The summed E-state index contributed by atoms with van der Waals surface area (Å²) < 4.78 is 1.64. The van der Waals surface area contributed by atoms with E-state index in [1.54, 1.807) is 17.1 Å². The van der Waals surface area contributed by atoms with Crippen LogP contribution in [-0.2, 0) is 9.59 Å². The van der Waals surface area contributed by atoms with Gasteiger partial charge in [0.05, 0.1) is 0 Å². The minimum atomic E-state index is -0.0842. The summed E-state index contributed by atoms with van der Waals surface area (Å²) in [6.07, 6.45) is 5.76. The van der Waals surface area contributed by atoms with Crippen molar-refractivity contribution in [3.05, 3.63) is 54.9 Å². The predicted molar refractivity (Wildman–Crippen MR) is 104 cm³/mol. The van der Waals surface area contributed by atoms with Crippen LogP contribution in [0, 0.1) is 5.92 Å². The molecule has 1 aliphatic rings. The summed E-state index contributed by atoms with van der Waals surface area (Å²) in [6.45, 7) is 0. The molecule has 0 radical (unpaired) electrons. The van der Waals surface area contributed by atoms with Crippen molar-refractivity contribution in [3.8, 4) is 5.82 Å². The van der Waals surface area contributed by atoms with E-state index in [9.17, 15) is 9.59 Å². The first-order valence-corrected chi connectivity index (χ1v) is 9.21. The van der Waals surface area contributed by atoms with Crippen molar-refractivity contribution in [1.29, 1.82) is 0 Å². The average molecular weight is 376 g/mol. The van der Waals surface area contributed by atoms with Crippen LogP contribution >= 0.6 is 0 Å². The Morgan fingerprint density at radius 2 is 1.75 bits per heavy atom. The van der Waals surface area contributed by atoms with Crippen LogP contribution in [0.4, 0.5) is 17.2 Å². The fourth-order valence-corrected chi connectivity index (χ4v) is 3.15. The molecule has 2 aromatic heterocycles. The lowest BCUT2D eigenvalue weighted by Gasteiger charge is -2.20. The molecule has 1 saturated carbocycles. The highest BCUT2D eigenvalue weighted by Crippen LogP contribution is 2.24. The van der Waals surface area contributed by atoms with Crippen molar-refractivity contribution in [2.45, 2.75) is 25.7 Å². The van der Waals surface area contributed by atoms with Crippen LogP contribution < -0.4 is 10.6 Å². The summed E-state index contributed by atoms with van der Waals surface area (Å²) in [5, 5.41) is 18.5. The lowest BCUT2D eigenvalue weighted by Crippen LogP contribution is -2.27. The number of rotatable bonds is 5. The summed E-state index contributed by atoms with van der Waals surface area (Å²) in [5.41, 5.74) is 1.56. The van der Waals surface area contributed by atoms with Gasteiger partial charge in [0, 0.05) is 42.5 Å². The third-order valence-electron chi connectivity index (χ3n) is 4.73. The van der Waals surface area contributed by atoms with Crippen molar-refractivity contribution >= 4 is 28.9 Å². The third kappa shape index (κ3) is 4.22. The number of carbonyl (C=O) groups excluding carboxylic acids is 2. The highest BCUT2D eigenvalue weighted by atomic mass is 16.2. The molecule has 1 aliphatic carbocycles. The maximum Gasteiger partial charge on any atom is 0.227 e. The van der Waals surface area contributed by atoms with Gasteiger partial charge in [-0.2, -0.15) is 5.10 Å². The Kier molecular flexibility index (Phi) is 5.09. The van der Waals surface area contributed by atoms with Crippen molar-refractivity contribution in [3.63, 3.8) is 0 Å². The summed E-state index contributed by atoms with van der Waals surface area (Å²) in [4.78, 5) is 23.6. The van der Waals surface area contributed by atoms with Gasteiger partial charge in [-0.3, -0.25) is 9.59 Å². The van der Waals surface area contributed by atoms with Gasteiger partial charge in [0.25, 0.3) is 0 Å². The topological polar surface area (TPSA) is 102 Å². The van der Waals surface area contributed by atoms with Gasteiger partial charge in [-0.05, 0) is 55.3 Å². The molecule has 1 fully saturated rings. The number of hydrogen-bond donors (Lipinski definition) is 2. The zero-order valence-corrected chi connectivity index (χ0v) is 15.2. The first-order chi connectivity index (χ1) is 13.7. The fourth-order valence-electron chi connectivity index (χ4n) is 3.15. The monoisotopic (exact) mass is 376 g/mol. The fraction of sp³-hybridized carbons (Fsp3) is 0.250. The molecule has 0 atom stereocenters. The molecule has 0 unspecified atom stereocenters. The Morgan fingerprint density at radius 1 is 1.00 bits per heavy atom. The van der Waals surface area contributed by atoms with E-state index >= 15 is 0 Å². The SMILES string of the molecule is O=C1CCC(C(=O)Nc2ccc(Nc3ccc(-n4cccn4)nn3)cc2)CC1. The summed E-state index contributed by atoms with van der Waals surface area (Å²) in [6, 6.07) is 12.9. The Labute approximate surface area is 162 Å². The number of ketones is 1. The molecular weight excluding hydrogens is 356 g/mol. The molecule has 2 N–H and O–H groups in total. The van der Waals surface area contributed by atoms with Gasteiger partial charge in [-0.15, -0.1) is 10.2 Å². The number of nitrogens with one attached hydrogen (secondary N) is 2. The Bertz CT molecular complexity index is 941. The van der Waals surface area contributed by atoms with E-state index in [0.29, 0.717) is 37.3 Å². The number of benzene rings is 1. The first-order valence-electron chi connectivity index (χ1n) is 9.21. The molecule has 2 heterocycles. The van der Waals surface area contributed by atoms with Gasteiger partial charge < -0.3 is 10.6 Å². The maximum atomic E-state index is 12.3. The van der Waals surface area contributed by atoms with Crippen molar-refractivity contribution in [2.75, 3.05) is 10.6 Å². The number of aromatic nitrogens is 4. The number of nitrogens with zero attached hydrogens (tertiary/aromatic N) is 4. The van der Waals surface area contributed by atoms with Crippen LogP contribution in [0.3, 0.4) is 0 Å². The number of carbonyl (C=O) groups is 2. The standard InChI is InChI=1S/C20H20N6O2/c27-17-8-2-14(3-9-17)20(28)23-16-6-4-15(5-7-16)22-18-10-11-19(25-24-18)26-13-1-12-21-26/h1,4-7,10-14H,2-3,8-9H2,(H,22,24)(H,23,28). The smallest absolute Gasteiger partial charge is 0.227 e. The molecule has 8 nitrogen and oxygen atoms in total. The van der Waals surface area contributed by atoms with Crippen LogP contribution in [0.15, 0.2) is 54.9 Å². The normalized spacial score (nSPS) is 14.6. The van der Waals surface area contributed by atoms with Gasteiger partial charge in [-0.1, -0.05) is 0 Å². The van der Waals surface area contributed by atoms with Gasteiger partial charge in [0.1, 0.15) is 5.78 Å². The zero-order chi connectivity index (χ0) is 19.3. The zero-order valence-electron chi connectivity index (χ0n) is 15.2. The molecule has 4 rings (SSSR count).